The maximum absolute atomic E-state index is 13.4. The Kier molecular flexibility index (Phi) is 19.7. The number of oxazole rings is 1. The van der Waals surface area contributed by atoms with E-state index in [1.165, 1.54) is 32.5 Å². The third kappa shape index (κ3) is 15.4. The van der Waals surface area contributed by atoms with Crippen LogP contribution in [0.3, 0.4) is 0 Å². The number of rotatable bonds is 19. The van der Waals surface area contributed by atoms with Gasteiger partial charge in [-0.15, -0.1) is 16.4 Å². The number of fused-ring (bicyclic) bond motifs is 2. The van der Waals surface area contributed by atoms with Crippen LogP contribution >= 0.6 is 34.3 Å². The van der Waals surface area contributed by atoms with Gasteiger partial charge in [-0.2, -0.15) is 4.98 Å². The van der Waals surface area contributed by atoms with E-state index in [4.69, 9.17) is 21.1 Å². The van der Waals surface area contributed by atoms with Crippen molar-refractivity contribution < 1.29 is 38.6 Å². The van der Waals surface area contributed by atoms with Crippen LogP contribution in [0.2, 0.25) is 5.02 Å². The zero-order chi connectivity index (χ0) is 56.5. The summed E-state index contributed by atoms with van der Waals surface area (Å²) in [5.74, 6) is -3.68. The number of thiazole rings is 2. The standard InChI is InChI=1S/C21H19ClN6OS.C19H18N2O4.C19H18N2O3S/c1-28(21-23-18(13-30-21)16-9-5-6-10-17(16)22)20(29)15(12-19-24-26-27-25-19)11-14-7-3-2-4-8-14;2*1-21(19-20-15-9-5-6-10-16(15)25-19)18(24)14(12-17(22)23)11-13-7-3-2-4-8-13/h2-10,13,15H,11-12H2,1H3,(H,24,25,26,27);2*2-10,14H,11-12H2,1H3,(H,22,23)/t15-;2*14-/m111/s1. The maximum Gasteiger partial charge on any atom is 0.304 e. The molecule has 0 radical (unpaired) electrons. The average molecular weight is 1130 g/mol. The third-order valence-electron chi connectivity index (χ3n) is 12.8. The molecule has 6 aromatic carbocycles. The largest absolute Gasteiger partial charge is 0.481 e. The number of carbonyl (C=O) groups is 5. The van der Waals surface area contributed by atoms with E-state index in [1.807, 2.05) is 157 Å². The van der Waals surface area contributed by atoms with Crippen LogP contribution in [-0.4, -0.2) is 96.6 Å². The van der Waals surface area contributed by atoms with Gasteiger partial charge in [0.1, 0.15) is 11.3 Å². The van der Waals surface area contributed by atoms with Gasteiger partial charge in [0, 0.05) is 49.4 Å². The van der Waals surface area contributed by atoms with E-state index in [1.54, 1.807) is 38.2 Å². The van der Waals surface area contributed by atoms with Crippen molar-refractivity contribution in [2.24, 2.45) is 17.8 Å². The van der Waals surface area contributed by atoms with E-state index in [-0.39, 0.29) is 42.5 Å². The van der Waals surface area contributed by atoms with Crippen LogP contribution in [0.15, 0.2) is 174 Å². The number of halogens is 1. The Labute approximate surface area is 473 Å². The fourth-order valence-corrected chi connectivity index (χ4v) is 10.6. The van der Waals surface area contributed by atoms with Crippen LogP contribution in [0.5, 0.6) is 0 Å². The highest BCUT2D eigenvalue weighted by Crippen LogP contribution is 2.33. The summed E-state index contributed by atoms with van der Waals surface area (Å²) in [6.45, 7) is 0. The average Bonchev–Trinajstić information content (AvgIpc) is 4.33. The maximum atomic E-state index is 13.4. The second kappa shape index (κ2) is 27.6. The van der Waals surface area contributed by atoms with Gasteiger partial charge in [0.15, 0.2) is 15.8 Å². The molecule has 4 aromatic heterocycles. The molecule has 0 aliphatic carbocycles. The molecule has 10 rings (SSSR count). The van der Waals surface area contributed by atoms with Crippen molar-refractivity contribution in [3.05, 3.63) is 197 Å². The van der Waals surface area contributed by atoms with Crippen molar-refractivity contribution in [3.8, 4) is 11.3 Å². The fourth-order valence-electron chi connectivity index (χ4n) is 8.68. The highest BCUT2D eigenvalue weighted by Gasteiger charge is 2.30. The van der Waals surface area contributed by atoms with E-state index in [0.717, 1.165) is 38.2 Å². The van der Waals surface area contributed by atoms with Crippen LogP contribution in [0.4, 0.5) is 16.3 Å². The molecule has 18 nitrogen and oxygen atoms in total. The van der Waals surface area contributed by atoms with Crippen LogP contribution in [0, 0.1) is 17.8 Å². The number of benzene rings is 6. The number of H-pyrrole nitrogens is 1. The molecule has 3 atom stereocenters. The molecule has 21 heteroatoms. The number of hydrogen-bond donors (Lipinski definition) is 3. The van der Waals surface area contributed by atoms with Crippen molar-refractivity contribution in [1.82, 2.24) is 35.6 Å². The van der Waals surface area contributed by atoms with E-state index in [0.29, 0.717) is 57.9 Å². The number of amides is 3. The topological polar surface area (TPSA) is 242 Å². The summed E-state index contributed by atoms with van der Waals surface area (Å²) in [5, 5.41) is 36.0. The molecule has 0 fully saturated rings. The lowest BCUT2D eigenvalue weighted by molar-refractivity contribution is -0.141. The molecule has 0 aliphatic rings. The van der Waals surface area contributed by atoms with Crippen molar-refractivity contribution in [2.45, 2.75) is 38.5 Å². The lowest BCUT2D eigenvalue weighted by atomic mass is 9.94. The van der Waals surface area contributed by atoms with Gasteiger partial charge in [0.25, 0.3) is 0 Å². The number of nitrogens with one attached hydrogen (secondary N) is 1. The number of hydrogen-bond acceptors (Lipinski definition) is 14. The molecule has 80 heavy (non-hydrogen) atoms. The van der Waals surface area contributed by atoms with Crippen LogP contribution in [0.1, 0.15) is 35.4 Å². The van der Waals surface area contributed by atoms with Crippen LogP contribution in [0.25, 0.3) is 32.6 Å². The van der Waals surface area contributed by atoms with E-state index < -0.39 is 23.8 Å². The highest BCUT2D eigenvalue weighted by atomic mass is 35.5. The first-order valence-electron chi connectivity index (χ1n) is 25.2. The Bertz CT molecular complexity index is 3440. The van der Waals surface area contributed by atoms with Crippen molar-refractivity contribution in [2.75, 3.05) is 35.8 Å². The molecule has 408 valence electrons. The zero-order valence-electron chi connectivity index (χ0n) is 43.7. The van der Waals surface area contributed by atoms with Gasteiger partial charge in [0.2, 0.25) is 17.7 Å². The Morgan fingerprint density at radius 1 is 0.562 bits per heavy atom. The minimum Gasteiger partial charge on any atom is -0.481 e. The first-order valence-corrected chi connectivity index (χ1v) is 27.3. The van der Waals surface area contributed by atoms with E-state index >= 15 is 0 Å². The van der Waals surface area contributed by atoms with Crippen molar-refractivity contribution in [3.63, 3.8) is 0 Å². The number of para-hydroxylation sites is 3. The van der Waals surface area contributed by atoms with Gasteiger partial charge < -0.3 is 14.6 Å². The summed E-state index contributed by atoms with van der Waals surface area (Å²) in [6, 6.07) is 51.3. The summed E-state index contributed by atoms with van der Waals surface area (Å²) in [6.07, 6.45) is 1.26. The minimum absolute atomic E-state index is 0.0460. The number of aromatic nitrogens is 7. The van der Waals surface area contributed by atoms with Gasteiger partial charge in [-0.05, 0) is 76.7 Å². The molecular weight excluding hydrogens is 1080 g/mol. The minimum atomic E-state index is -1.01. The van der Waals surface area contributed by atoms with E-state index in [9.17, 15) is 29.1 Å². The molecular formula is C59H55ClN10O8S2. The predicted molar refractivity (Wildman–Crippen MR) is 310 cm³/mol. The fraction of sp³-hybridized carbons (Fsp3) is 0.203. The van der Waals surface area contributed by atoms with Gasteiger partial charge >= 0.3 is 18.0 Å². The monoisotopic (exact) mass is 1130 g/mol. The Morgan fingerprint density at radius 2 is 1.06 bits per heavy atom. The molecule has 10 aromatic rings. The smallest absolute Gasteiger partial charge is 0.304 e. The summed E-state index contributed by atoms with van der Waals surface area (Å²) in [5.41, 5.74) is 6.58. The predicted octanol–water partition coefficient (Wildman–Crippen LogP) is 10.8. The number of carbonyl (C=O) groups excluding carboxylic acids is 3. The molecule has 3 N–H and O–H groups in total. The first-order chi connectivity index (χ1) is 38.7. The second-order valence-corrected chi connectivity index (χ2v) is 20.8. The molecule has 3 amide bonds. The number of carboxylic acid groups (broad SMARTS) is 2. The number of tetrazole rings is 1. The highest BCUT2D eigenvalue weighted by molar-refractivity contribution is 7.22. The SMILES string of the molecule is CN(C(=O)[C@@H](CC(=O)O)Cc1ccccc1)c1nc2ccccc2o1.CN(C(=O)[C@@H](CC(=O)O)Cc1ccccc1)c1nc2ccccc2s1.CN(C(=O)[C@H](Cc1ccccc1)Cc1nnn[nH]1)c1nc(-c2ccccc2Cl)cs1. The second-order valence-electron chi connectivity index (χ2n) is 18.5. The van der Waals surface area contributed by atoms with E-state index in [2.05, 4.69) is 35.6 Å². The Balaban J connectivity index is 0.000000159. The number of aliphatic carboxylic acids is 2. The molecule has 0 aliphatic heterocycles. The summed E-state index contributed by atoms with van der Waals surface area (Å²) >= 11 is 9.12. The molecule has 4 heterocycles. The van der Waals surface area contributed by atoms with Gasteiger partial charge in [-0.3, -0.25) is 38.7 Å². The number of nitrogens with zero attached hydrogens (tertiary/aromatic N) is 9. The molecule has 0 bridgehead atoms. The zero-order valence-corrected chi connectivity index (χ0v) is 46.1. The van der Waals surface area contributed by atoms with Crippen LogP contribution < -0.4 is 14.7 Å². The lowest BCUT2D eigenvalue weighted by Gasteiger charge is -2.21. The molecule has 0 saturated heterocycles. The van der Waals surface area contributed by atoms with Gasteiger partial charge in [0.05, 0.1) is 40.6 Å². The van der Waals surface area contributed by atoms with Crippen molar-refractivity contribution >= 4 is 102 Å². The first kappa shape index (κ1) is 57.2. The van der Waals surface area contributed by atoms with Crippen molar-refractivity contribution in [1.29, 1.82) is 0 Å². The third-order valence-corrected chi connectivity index (χ3v) is 15.1. The molecule has 0 unspecified atom stereocenters. The Morgan fingerprint density at radius 3 is 1.61 bits per heavy atom. The molecule has 0 saturated carbocycles. The number of carboxylic acids is 2. The number of anilines is 3. The molecule has 0 spiro atoms. The van der Waals surface area contributed by atoms with Gasteiger partial charge in [-0.25, -0.2) is 15.1 Å². The van der Waals surface area contributed by atoms with Gasteiger partial charge in [-0.1, -0.05) is 156 Å². The summed E-state index contributed by atoms with van der Waals surface area (Å²) in [4.78, 5) is 79.3. The van der Waals surface area contributed by atoms with Crippen LogP contribution in [-0.2, 0) is 49.7 Å². The quantitative estimate of drug-likeness (QED) is 0.0682. The summed E-state index contributed by atoms with van der Waals surface area (Å²) < 4.78 is 6.60. The Hall–Kier alpha value is -8.98. The number of aromatic amines is 1. The normalized spacial score (nSPS) is 12.0. The lowest BCUT2D eigenvalue weighted by Crippen LogP contribution is -2.35. The summed E-state index contributed by atoms with van der Waals surface area (Å²) in [7, 11) is 4.95.